The first kappa shape index (κ1) is 15.4. The number of halogens is 2. The Morgan fingerprint density at radius 1 is 1.22 bits per heavy atom. The van der Waals surface area contributed by atoms with Gasteiger partial charge in [-0.3, -0.25) is 4.98 Å². The standard InChI is InChI=1S/C16H15ClFN5/c1-10-5-11(2)23(22-10)16-9-19-8-15(21-16)20-7-12-3-4-14(18)13(17)6-12/h3-6,8-9H,7H2,1-2H3,(H,20,21). The number of anilines is 1. The maximum absolute atomic E-state index is 13.2. The Labute approximate surface area is 138 Å². The average Bonchev–Trinajstić information content (AvgIpc) is 2.87. The molecule has 7 heteroatoms. The highest BCUT2D eigenvalue weighted by molar-refractivity contribution is 6.30. The van der Waals surface area contributed by atoms with E-state index in [2.05, 4.69) is 20.4 Å². The second-order valence-electron chi connectivity index (χ2n) is 5.20. The summed E-state index contributed by atoms with van der Waals surface area (Å²) in [7, 11) is 0. The van der Waals surface area contributed by atoms with Crippen molar-refractivity contribution >= 4 is 17.4 Å². The number of rotatable bonds is 4. The SMILES string of the molecule is Cc1cc(C)n(-c2cncc(NCc3ccc(F)c(Cl)c3)n2)n1. The van der Waals surface area contributed by atoms with Gasteiger partial charge in [-0.25, -0.2) is 14.1 Å². The summed E-state index contributed by atoms with van der Waals surface area (Å²) in [6, 6.07) is 6.58. The van der Waals surface area contributed by atoms with Crippen LogP contribution in [-0.2, 0) is 6.54 Å². The Morgan fingerprint density at radius 3 is 2.74 bits per heavy atom. The smallest absolute Gasteiger partial charge is 0.174 e. The third kappa shape index (κ3) is 3.48. The van der Waals surface area contributed by atoms with Crippen molar-refractivity contribution in [2.24, 2.45) is 0 Å². The van der Waals surface area contributed by atoms with E-state index in [1.165, 1.54) is 6.07 Å². The molecule has 0 amide bonds. The zero-order valence-corrected chi connectivity index (χ0v) is 13.5. The Hall–Kier alpha value is -2.47. The molecular weight excluding hydrogens is 317 g/mol. The van der Waals surface area contributed by atoms with E-state index >= 15 is 0 Å². The molecule has 0 radical (unpaired) electrons. The first-order valence-corrected chi connectivity index (χ1v) is 7.44. The number of hydrogen-bond donors (Lipinski definition) is 1. The van der Waals surface area contributed by atoms with Crippen LogP contribution < -0.4 is 5.32 Å². The zero-order valence-electron chi connectivity index (χ0n) is 12.7. The Balaban J connectivity index is 1.77. The topological polar surface area (TPSA) is 55.6 Å². The second-order valence-corrected chi connectivity index (χ2v) is 5.61. The van der Waals surface area contributed by atoms with Crippen LogP contribution in [-0.4, -0.2) is 19.7 Å². The third-order valence-electron chi connectivity index (χ3n) is 3.31. The van der Waals surface area contributed by atoms with Crippen LogP contribution >= 0.6 is 11.6 Å². The molecule has 1 aromatic carbocycles. The molecule has 3 aromatic rings. The fourth-order valence-corrected chi connectivity index (χ4v) is 2.45. The molecule has 0 bridgehead atoms. The Morgan fingerprint density at radius 2 is 2.04 bits per heavy atom. The lowest BCUT2D eigenvalue weighted by molar-refractivity contribution is 0.627. The minimum Gasteiger partial charge on any atom is -0.365 e. The van der Waals surface area contributed by atoms with Crippen molar-refractivity contribution < 1.29 is 4.39 Å². The van der Waals surface area contributed by atoms with Crippen molar-refractivity contribution in [1.82, 2.24) is 19.7 Å². The van der Waals surface area contributed by atoms with Crippen LogP contribution in [0.4, 0.5) is 10.2 Å². The van der Waals surface area contributed by atoms with E-state index in [-0.39, 0.29) is 5.02 Å². The van der Waals surface area contributed by atoms with Crippen molar-refractivity contribution in [3.05, 3.63) is 64.5 Å². The highest BCUT2D eigenvalue weighted by Gasteiger charge is 2.07. The lowest BCUT2D eigenvalue weighted by Gasteiger charge is -2.08. The zero-order chi connectivity index (χ0) is 16.4. The highest BCUT2D eigenvalue weighted by Crippen LogP contribution is 2.17. The summed E-state index contributed by atoms with van der Waals surface area (Å²) in [6.45, 7) is 4.36. The molecule has 1 N–H and O–H groups in total. The first-order valence-electron chi connectivity index (χ1n) is 7.06. The van der Waals surface area contributed by atoms with Gasteiger partial charge in [0.2, 0.25) is 0 Å². The number of benzene rings is 1. The van der Waals surface area contributed by atoms with Crippen LogP contribution in [0, 0.1) is 19.7 Å². The summed E-state index contributed by atoms with van der Waals surface area (Å²) in [6.07, 6.45) is 3.28. The van der Waals surface area contributed by atoms with E-state index in [1.54, 1.807) is 29.2 Å². The van der Waals surface area contributed by atoms with Crippen LogP contribution in [0.5, 0.6) is 0 Å². The van der Waals surface area contributed by atoms with Crippen LogP contribution in [0.1, 0.15) is 17.0 Å². The molecule has 0 aliphatic carbocycles. The molecule has 0 aliphatic heterocycles. The lowest BCUT2D eigenvalue weighted by atomic mass is 10.2. The van der Waals surface area contributed by atoms with E-state index in [9.17, 15) is 4.39 Å². The van der Waals surface area contributed by atoms with Crippen LogP contribution in [0.2, 0.25) is 5.02 Å². The van der Waals surface area contributed by atoms with Gasteiger partial charge in [0.25, 0.3) is 0 Å². The van der Waals surface area contributed by atoms with Crippen molar-refractivity contribution in [2.75, 3.05) is 5.32 Å². The number of nitrogens with zero attached hydrogens (tertiary/aromatic N) is 4. The largest absolute Gasteiger partial charge is 0.365 e. The quantitative estimate of drug-likeness (QED) is 0.792. The average molecular weight is 332 g/mol. The summed E-state index contributed by atoms with van der Waals surface area (Å²) in [4.78, 5) is 8.68. The van der Waals surface area contributed by atoms with E-state index in [0.29, 0.717) is 18.2 Å². The van der Waals surface area contributed by atoms with Crippen LogP contribution in [0.25, 0.3) is 5.82 Å². The predicted octanol–water partition coefficient (Wildman–Crippen LogP) is 3.68. The summed E-state index contributed by atoms with van der Waals surface area (Å²) < 4.78 is 14.9. The Kier molecular flexibility index (Phi) is 4.25. The molecule has 0 aliphatic rings. The maximum Gasteiger partial charge on any atom is 0.174 e. The molecule has 0 unspecified atom stereocenters. The van der Waals surface area contributed by atoms with Crippen LogP contribution in [0.15, 0.2) is 36.7 Å². The highest BCUT2D eigenvalue weighted by atomic mass is 35.5. The minimum atomic E-state index is -0.429. The van der Waals surface area contributed by atoms with E-state index in [0.717, 1.165) is 17.0 Å². The third-order valence-corrected chi connectivity index (χ3v) is 3.60. The fourth-order valence-electron chi connectivity index (χ4n) is 2.25. The van der Waals surface area contributed by atoms with Crippen molar-refractivity contribution in [3.8, 4) is 5.82 Å². The van der Waals surface area contributed by atoms with Crippen molar-refractivity contribution in [3.63, 3.8) is 0 Å². The van der Waals surface area contributed by atoms with Gasteiger partial charge in [-0.05, 0) is 37.6 Å². The van der Waals surface area contributed by atoms with Gasteiger partial charge >= 0.3 is 0 Å². The van der Waals surface area contributed by atoms with Crippen molar-refractivity contribution in [1.29, 1.82) is 0 Å². The minimum absolute atomic E-state index is 0.103. The molecule has 0 saturated heterocycles. The van der Waals surface area contributed by atoms with Gasteiger partial charge in [0, 0.05) is 12.2 Å². The van der Waals surface area contributed by atoms with Crippen LogP contribution in [0.3, 0.4) is 0 Å². The van der Waals surface area contributed by atoms with Gasteiger partial charge in [0.1, 0.15) is 11.6 Å². The normalized spacial score (nSPS) is 10.8. The molecular formula is C16H15ClFN5. The summed E-state index contributed by atoms with van der Waals surface area (Å²) in [5.74, 6) is 0.815. The van der Waals surface area contributed by atoms with Gasteiger partial charge < -0.3 is 5.32 Å². The molecule has 0 spiro atoms. The lowest BCUT2D eigenvalue weighted by Crippen LogP contribution is -2.07. The molecule has 0 atom stereocenters. The maximum atomic E-state index is 13.2. The number of aromatic nitrogens is 4. The number of aryl methyl sites for hydroxylation is 2. The first-order chi connectivity index (χ1) is 11.0. The Bertz CT molecular complexity index is 846. The molecule has 118 valence electrons. The number of hydrogen-bond acceptors (Lipinski definition) is 4. The summed E-state index contributed by atoms with van der Waals surface area (Å²) in [5.41, 5.74) is 2.76. The van der Waals surface area contributed by atoms with Gasteiger partial charge in [0.05, 0.1) is 23.1 Å². The molecule has 0 saturated carbocycles. The molecule has 2 aromatic heterocycles. The predicted molar refractivity (Wildman–Crippen MR) is 87.4 cm³/mol. The monoisotopic (exact) mass is 331 g/mol. The molecule has 2 heterocycles. The fraction of sp³-hybridized carbons (Fsp3) is 0.188. The van der Waals surface area contributed by atoms with E-state index in [1.807, 2.05) is 19.9 Å². The van der Waals surface area contributed by atoms with E-state index < -0.39 is 5.82 Å². The van der Waals surface area contributed by atoms with Gasteiger partial charge in [-0.2, -0.15) is 5.10 Å². The molecule has 3 rings (SSSR count). The molecule has 5 nitrogen and oxygen atoms in total. The van der Waals surface area contributed by atoms with Gasteiger partial charge in [0.15, 0.2) is 5.82 Å². The van der Waals surface area contributed by atoms with Gasteiger partial charge in [-0.1, -0.05) is 17.7 Å². The van der Waals surface area contributed by atoms with Gasteiger partial charge in [-0.15, -0.1) is 0 Å². The second kappa shape index (κ2) is 6.34. The van der Waals surface area contributed by atoms with E-state index in [4.69, 9.17) is 11.6 Å². The number of nitrogens with one attached hydrogen (secondary N) is 1. The molecule has 23 heavy (non-hydrogen) atoms. The molecule has 0 fully saturated rings. The summed E-state index contributed by atoms with van der Waals surface area (Å²) >= 11 is 5.78. The summed E-state index contributed by atoms with van der Waals surface area (Å²) in [5, 5.41) is 7.64. The van der Waals surface area contributed by atoms with Crippen molar-refractivity contribution in [2.45, 2.75) is 20.4 Å².